The molecule has 0 radical (unpaired) electrons. The molecule has 0 atom stereocenters. The summed E-state index contributed by atoms with van der Waals surface area (Å²) in [6, 6.07) is 14.7. The van der Waals surface area contributed by atoms with E-state index in [1.54, 1.807) is 10.5 Å². The number of fused-ring (bicyclic) bond motifs is 4. The maximum absolute atomic E-state index is 12.7. The molecule has 0 fully saturated rings. The van der Waals surface area contributed by atoms with E-state index in [1.807, 2.05) is 42.5 Å². The maximum atomic E-state index is 12.7. The van der Waals surface area contributed by atoms with Crippen molar-refractivity contribution in [3.05, 3.63) is 64.4 Å². The minimum absolute atomic E-state index is 0.112. The van der Waals surface area contributed by atoms with Gasteiger partial charge in [0.1, 0.15) is 5.65 Å². The van der Waals surface area contributed by atoms with Gasteiger partial charge in [-0.1, -0.05) is 30.3 Å². The van der Waals surface area contributed by atoms with Gasteiger partial charge in [0.15, 0.2) is 6.29 Å². The third-order valence-corrected chi connectivity index (χ3v) is 3.65. The van der Waals surface area contributed by atoms with E-state index in [4.69, 9.17) is 0 Å². The molecule has 2 aromatic heterocycles. The topological polar surface area (TPSA) is 54.3 Å². The number of aldehydes is 1. The van der Waals surface area contributed by atoms with Gasteiger partial charge in [-0.3, -0.25) is 14.0 Å². The minimum atomic E-state index is -0.112. The Labute approximate surface area is 113 Å². The molecule has 2 heterocycles. The number of carbonyl (C=O) groups is 1. The molecule has 0 aliphatic heterocycles. The van der Waals surface area contributed by atoms with E-state index in [-0.39, 0.29) is 5.56 Å². The van der Waals surface area contributed by atoms with Crippen LogP contribution in [0.25, 0.3) is 27.5 Å². The van der Waals surface area contributed by atoms with E-state index in [2.05, 4.69) is 4.98 Å². The molecule has 0 aliphatic carbocycles. The second kappa shape index (κ2) is 3.81. The van der Waals surface area contributed by atoms with Gasteiger partial charge in [0.25, 0.3) is 5.56 Å². The van der Waals surface area contributed by atoms with Gasteiger partial charge in [0.2, 0.25) is 0 Å². The molecule has 0 aliphatic rings. The van der Waals surface area contributed by atoms with Crippen molar-refractivity contribution in [2.75, 3.05) is 0 Å². The lowest BCUT2D eigenvalue weighted by molar-refractivity contribution is 0.112. The zero-order valence-corrected chi connectivity index (χ0v) is 10.5. The van der Waals surface area contributed by atoms with Gasteiger partial charge in [0, 0.05) is 5.39 Å². The zero-order chi connectivity index (χ0) is 13.7. The fourth-order valence-electron chi connectivity index (χ4n) is 2.74. The molecule has 0 saturated carbocycles. The van der Waals surface area contributed by atoms with Crippen molar-refractivity contribution in [2.45, 2.75) is 0 Å². The molecule has 4 heteroatoms. The molecule has 2 aromatic carbocycles. The number of nitrogens with zero attached hydrogens (tertiary/aromatic N) is 1. The average molecular weight is 262 g/mol. The van der Waals surface area contributed by atoms with Crippen molar-refractivity contribution in [1.82, 2.24) is 9.38 Å². The lowest BCUT2D eigenvalue weighted by Gasteiger charge is -2.01. The lowest BCUT2D eigenvalue weighted by atomic mass is 10.2. The minimum Gasteiger partial charge on any atom is -0.340 e. The van der Waals surface area contributed by atoms with E-state index in [0.717, 1.165) is 22.7 Å². The Bertz CT molecular complexity index is 1040. The first-order valence-corrected chi connectivity index (χ1v) is 6.30. The molecular formula is C16H10N2O2. The van der Waals surface area contributed by atoms with E-state index in [1.165, 1.54) is 0 Å². The Kier molecular flexibility index (Phi) is 2.09. The summed E-state index contributed by atoms with van der Waals surface area (Å²) in [6.45, 7) is 0. The van der Waals surface area contributed by atoms with E-state index < -0.39 is 0 Å². The third-order valence-electron chi connectivity index (χ3n) is 3.65. The van der Waals surface area contributed by atoms with Crippen molar-refractivity contribution in [1.29, 1.82) is 0 Å². The fraction of sp³-hybridized carbons (Fsp3) is 0. The molecular weight excluding hydrogens is 252 g/mol. The highest BCUT2D eigenvalue weighted by Gasteiger charge is 2.14. The van der Waals surface area contributed by atoms with Gasteiger partial charge in [-0.2, -0.15) is 0 Å². The molecule has 0 amide bonds. The number of aromatic nitrogens is 2. The molecule has 0 saturated heterocycles. The lowest BCUT2D eigenvalue weighted by Crippen LogP contribution is -2.13. The molecule has 0 unspecified atom stereocenters. The van der Waals surface area contributed by atoms with Crippen LogP contribution in [0.15, 0.2) is 53.3 Å². The number of nitrogens with one attached hydrogen (secondary N) is 1. The largest absolute Gasteiger partial charge is 0.340 e. The number of rotatable bonds is 1. The molecule has 4 nitrogen and oxygen atoms in total. The predicted molar refractivity (Wildman–Crippen MR) is 78.4 cm³/mol. The highest BCUT2D eigenvalue weighted by atomic mass is 16.1. The summed E-state index contributed by atoms with van der Waals surface area (Å²) in [5.41, 5.74) is 2.43. The Hall–Kier alpha value is -2.88. The number of hydrogen-bond donors (Lipinski definition) is 1. The van der Waals surface area contributed by atoms with E-state index in [9.17, 15) is 9.59 Å². The first kappa shape index (κ1) is 11.0. The Morgan fingerprint density at radius 2 is 1.65 bits per heavy atom. The van der Waals surface area contributed by atoms with Crippen molar-refractivity contribution >= 4 is 33.7 Å². The first-order valence-electron chi connectivity index (χ1n) is 6.30. The summed E-state index contributed by atoms with van der Waals surface area (Å²) in [4.78, 5) is 27.3. The maximum Gasteiger partial charge on any atom is 0.266 e. The van der Waals surface area contributed by atoms with Crippen LogP contribution in [0.4, 0.5) is 0 Å². The number of benzene rings is 2. The second-order valence-electron chi connectivity index (χ2n) is 4.71. The van der Waals surface area contributed by atoms with Crippen LogP contribution < -0.4 is 5.56 Å². The van der Waals surface area contributed by atoms with Crippen molar-refractivity contribution < 1.29 is 4.79 Å². The van der Waals surface area contributed by atoms with Gasteiger partial charge in [0.05, 0.1) is 22.0 Å². The van der Waals surface area contributed by atoms with Crippen LogP contribution in [0.2, 0.25) is 0 Å². The predicted octanol–water partition coefficient (Wildman–Crippen LogP) is 2.75. The number of H-pyrrole nitrogens is 1. The van der Waals surface area contributed by atoms with Crippen LogP contribution >= 0.6 is 0 Å². The normalized spacial score (nSPS) is 11.4. The molecule has 0 spiro atoms. The van der Waals surface area contributed by atoms with Crippen molar-refractivity contribution in [3.8, 4) is 0 Å². The second-order valence-corrected chi connectivity index (χ2v) is 4.71. The van der Waals surface area contributed by atoms with Crippen LogP contribution in [0, 0.1) is 0 Å². The Morgan fingerprint density at radius 3 is 2.45 bits per heavy atom. The Morgan fingerprint density at radius 1 is 0.950 bits per heavy atom. The number of carbonyl (C=O) groups excluding carboxylic acids is 1. The van der Waals surface area contributed by atoms with Crippen LogP contribution in [0.3, 0.4) is 0 Å². The molecule has 96 valence electrons. The molecule has 4 aromatic rings. The van der Waals surface area contributed by atoms with Crippen LogP contribution in [-0.4, -0.2) is 15.7 Å². The fourth-order valence-corrected chi connectivity index (χ4v) is 2.74. The summed E-state index contributed by atoms with van der Waals surface area (Å²) < 4.78 is 1.57. The van der Waals surface area contributed by atoms with Gasteiger partial charge >= 0.3 is 0 Å². The highest BCUT2D eigenvalue weighted by Crippen LogP contribution is 2.24. The van der Waals surface area contributed by atoms with E-state index >= 15 is 0 Å². The van der Waals surface area contributed by atoms with Gasteiger partial charge in [-0.15, -0.1) is 0 Å². The van der Waals surface area contributed by atoms with Crippen molar-refractivity contribution in [3.63, 3.8) is 0 Å². The Balaban J connectivity index is 2.42. The summed E-state index contributed by atoms with van der Waals surface area (Å²) in [7, 11) is 0. The molecule has 0 bridgehead atoms. The third kappa shape index (κ3) is 1.25. The van der Waals surface area contributed by atoms with Crippen LogP contribution in [0.5, 0.6) is 0 Å². The number of hydrogen-bond acceptors (Lipinski definition) is 2. The van der Waals surface area contributed by atoms with Crippen LogP contribution in [-0.2, 0) is 0 Å². The smallest absolute Gasteiger partial charge is 0.266 e. The highest BCUT2D eigenvalue weighted by molar-refractivity contribution is 6.05. The summed E-state index contributed by atoms with van der Waals surface area (Å²) in [5, 5.41) is 1.39. The number of para-hydroxylation sites is 2. The number of aromatic amines is 1. The average Bonchev–Trinajstić information content (AvgIpc) is 2.81. The summed E-state index contributed by atoms with van der Waals surface area (Å²) >= 11 is 0. The summed E-state index contributed by atoms with van der Waals surface area (Å²) in [6.07, 6.45) is 0.794. The van der Waals surface area contributed by atoms with Gasteiger partial charge < -0.3 is 4.98 Å². The van der Waals surface area contributed by atoms with Crippen molar-refractivity contribution in [2.24, 2.45) is 0 Å². The molecule has 1 N–H and O–H groups in total. The quantitative estimate of drug-likeness (QED) is 0.536. The molecule has 20 heavy (non-hydrogen) atoms. The first-order chi connectivity index (χ1) is 9.81. The van der Waals surface area contributed by atoms with E-state index in [0.29, 0.717) is 16.6 Å². The van der Waals surface area contributed by atoms with Crippen LogP contribution in [0.1, 0.15) is 10.4 Å². The standard InChI is InChI=1S/C16H10N2O2/c19-9-12-10-5-2-4-8-14(10)18-15(12)17-13-7-3-1-6-11(13)16(18)20/h1-9,17H. The summed E-state index contributed by atoms with van der Waals surface area (Å²) in [5.74, 6) is 0. The monoisotopic (exact) mass is 262 g/mol. The molecule has 4 rings (SSSR count). The zero-order valence-electron chi connectivity index (χ0n) is 10.5. The van der Waals surface area contributed by atoms with Gasteiger partial charge in [-0.05, 0) is 18.2 Å². The SMILES string of the molecule is O=Cc1c2ccccc2n2c(=O)c3ccccc3[nH]c12. The van der Waals surface area contributed by atoms with Gasteiger partial charge in [-0.25, -0.2) is 0 Å².